The molecule has 516 valence electrons. The molecule has 19 heteroatoms. The van der Waals surface area contributed by atoms with E-state index in [1.165, 1.54) is 122 Å². The molecule has 0 aromatic carbocycles. The Morgan fingerprint density at radius 3 is 0.816 bits per heavy atom. The molecule has 0 aliphatic carbocycles. The van der Waals surface area contributed by atoms with E-state index in [0.717, 1.165) is 115 Å². The molecule has 0 aromatic heterocycles. The molecule has 0 heterocycles. The maximum absolute atomic E-state index is 13.0. The standard InChI is InChI=1S/C68H132O17P2/c1-9-61(8)47-39-31-25-27-35-43-51-68(73)85-64(55-79-66(71)49-41-33-26-24-30-38-46-60(6)7)57-83-87(76,77)81-53-62(69)52-80-86(74,75)82-56-63(54-78-65(70)48-40-32-23-19-21-29-37-45-59(4)5)84-67(72)50-42-34-22-18-16-14-12-10-11-13-15-17-20-28-36-44-58(2)3/h58-64,69H,9-57H2,1-8H3,(H,74,75)(H,76,77)/t61?,62-,63-,64-/m1/s1. The Morgan fingerprint density at radius 2 is 0.552 bits per heavy atom. The van der Waals surface area contributed by atoms with Gasteiger partial charge >= 0.3 is 39.5 Å². The minimum atomic E-state index is -4.95. The Labute approximate surface area is 530 Å². The van der Waals surface area contributed by atoms with Crippen LogP contribution in [0.25, 0.3) is 0 Å². The summed E-state index contributed by atoms with van der Waals surface area (Å²) < 4.78 is 68.1. The van der Waals surface area contributed by atoms with Crippen LogP contribution in [0.4, 0.5) is 0 Å². The zero-order chi connectivity index (χ0) is 64.7. The summed E-state index contributed by atoms with van der Waals surface area (Å²) in [5, 5.41) is 10.6. The molecule has 87 heavy (non-hydrogen) atoms. The normalized spacial score (nSPS) is 14.6. The smallest absolute Gasteiger partial charge is 0.462 e. The topological polar surface area (TPSA) is 237 Å². The Morgan fingerprint density at radius 1 is 0.322 bits per heavy atom. The van der Waals surface area contributed by atoms with E-state index in [1.807, 2.05) is 0 Å². The van der Waals surface area contributed by atoms with Crippen molar-refractivity contribution in [3.05, 3.63) is 0 Å². The van der Waals surface area contributed by atoms with Crippen molar-refractivity contribution < 1.29 is 80.2 Å². The molecule has 0 amide bonds. The van der Waals surface area contributed by atoms with E-state index in [2.05, 4.69) is 55.4 Å². The van der Waals surface area contributed by atoms with Gasteiger partial charge < -0.3 is 33.8 Å². The Balaban J connectivity index is 5.20. The van der Waals surface area contributed by atoms with Crippen molar-refractivity contribution in [3.8, 4) is 0 Å². The van der Waals surface area contributed by atoms with Gasteiger partial charge in [0, 0.05) is 25.7 Å². The predicted octanol–water partition coefficient (Wildman–Crippen LogP) is 18.9. The summed E-state index contributed by atoms with van der Waals surface area (Å²) in [6, 6.07) is 0. The van der Waals surface area contributed by atoms with Crippen molar-refractivity contribution in [1.29, 1.82) is 0 Å². The van der Waals surface area contributed by atoms with E-state index < -0.39 is 97.5 Å². The molecular formula is C68H132O17P2. The molecule has 0 aliphatic rings. The van der Waals surface area contributed by atoms with E-state index in [-0.39, 0.29) is 25.7 Å². The molecule has 0 saturated carbocycles. The number of hydrogen-bond acceptors (Lipinski definition) is 15. The molecule has 0 bridgehead atoms. The van der Waals surface area contributed by atoms with Gasteiger partial charge in [-0.1, -0.05) is 280 Å². The lowest BCUT2D eigenvalue weighted by molar-refractivity contribution is -0.161. The number of phosphoric acid groups is 2. The van der Waals surface area contributed by atoms with Crippen LogP contribution in [0.3, 0.4) is 0 Å². The molecule has 0 rings (SSSR count). The minimum Gasteiger partial charge on any atom is -0.462 e. The van der Waals surface area contributed by atoms with Gasteiger partial charge in [-0.3, -0.25) is 37.3 Å². The van der Waals surface area contributed by atoms with Crippen LogP contribution < -0.4 is 0 Å². The van der Waals surface area contributed by atoms with Crippen molar-refractivity contribution >= 4 is 39.5 Å². The first kappa shape index (κ1) is 85.1. The van der Waals surface area contributed by atoms with Crippen LogP contribution in [0.2, 0.25) is 0 Å². The van der Waals surface area contributed by atoms with Crippen LogP contribution in [0.5, 0.6) is 0 Å². The van der Waals surface area contributed by atoms with E-state index >= 15 is 0 Å². The van der Waals surface area contributed by atoms with Crippen molar-refractivity contribution in [2.24, 2.45) is 23.7 Å². The maximum atomic E-state index is 13.0. The van der Waals surface area contributed by atoms with E-state index in [1.54, 1.807) is 0 Å². The van der Waals surface area contributed by atoms with Gasteiger partial charge in [0.15, 0.2) is 12.2 Å². The first-order chi connectivity index (χ1) is 41.6. The molecule has 6 atom stereocenters. The van der Waals surface area contributed by atoms with Gasteiger partial charge in [-0.2, -0.15) is 0 Å². The van der Waals surface area contributed by atoms with Crippen molar-refractivity contribution in [1.82, 2.24) is 0 Å². The van der Waals surface area contributed by atoms with Crippen LogP contribution in [0.15, 0.2) is 0 Å². The summed E-state index contributed by atoms with van der Waals surface area (Å²) in [7, 11) is -9.90. The minimum absolute atomic E-state index is 0.101. The fourth-order valence-electron chi connectivity index (χ4n) is 10.1. The number of unbranched alkanes of at least 4 members (excludes halogenated alkanes) is 30. The molecule has 3 unspecified atom stereocenters. The Bertz CT molecular complexity index is 1730. The predicted molar refractivity (Wildman–Crippen MR) is 349 cm³/mol. The second-order valence-corrected chi connectivity index (χ2v) is 29.1. The third-order valence-electron chi connectivity index (χ3n) is 15.9. The first-order valence-electron chi connectivity index (χ1n) is 35.2. The molecule has 0 spiro atoms. The average Bonchev–Trinajstić information content (AvgIpc) is 3.68. The van der Waals surface area contributed by atoms with Gasteiger partial charge in [0.25, 0.3) is 0 Å². The zero-order valence-electron chi connectivity index (χ0n) is 56.6. The lowest BCUT2D eigenvalue weighted by Crippen LogP contribution is -2.30. The molecule has 0 saturated heterocycles. The van der Waals surface area contributed by atoms with Gasteiger partial charge in [0.2, 0.25) is 0 Å². The monoisotopic (exact) mass is 1280 g/mol. The summed E-state index contributed by atoms with van der Waals surface area (Å²) in [6.07, 6.45) is 39.3. The Hall–Kier alpha value is -1.94. The fourth-order valence-corrected chi connectivity index (χ4v) is 11.7. The van der Waals surface area contributed by atoms with Gasteiger partial charge in [0.1, 0.15) is 19.3 Å². The van der Waals surface area contributed by atoms with Crippen LogP contribution in [-0.4, -0.2) is 96.7 Å². The number of hydrogen-bond donors (Lipinski definition) is 3. The lowest BCUT2D eigenvalue weighted by atomic mass is 10.00. The molecule has 3 N–H and O–H groups in total. The van der Waals surface area contributed by atoms with E-state index in [0.29, 0.717) is 37.5 Å². The summed E-state index contributed by atoms with van der Waals surface area (Å²) in [6.45, 7) is 14.0. The third kappa shape index (κ3) is 61.3. The highest BCUT2D eigenvalue weighted by Crippen LogP contribution is 2.45. The van der Waals surface area contributed by atoms with Crippen molar-refractivity contribution in [2.75, 3.05) is 39.6 Å². The van der Waals surface area contributed by atoms with Crippen molar-refractivity contribution in [3.63, 3.8) is 0 Å². The number of aliphatic hydroxyl groups excluding tert-OH is 1. The number of rotatable bonds is 65. The third-order valence-corrected chi connectivity index (χ3v) is 17.8. The maximum Gasteiger partial charge on any atom is 0.472 e. The molecule has 0 aliphatic heterocycles. The summed E-state index contributed by atoms with van der Waals surface area (Å²) in [4.78, 5) is 72.3. The summed E-state index contributed by atoms with van der Waals surface area (Å²) in [5.41, 5.74) is 0. The first-order valence-corrected chi connectivity index (χ1v) is 38.2. The van der Waals surface area contributed by atoms with Gasteiger partial charge in [0.05, 0.1) is 26.4 Å². The Kier molecular flexibility index (Phi) is 56.6. The van der Waals surface area contributed by atoms with Gasteiger partial charge in [-0.05, 0) is 49.4 Å². The highest BCUT2D eigenvalue weighted by molar-refractivity contribution is 7.47. The van der Waals surface area contributed by atoms with E-state index in [4.69, 9.17) is 37.0 Å². The highest BCUT2D eigenvalue weighted by atomic mass is 31.2. The summed E-state index contributed by atoms with van der Waals surface area (Å²) in [5.74, 6) is 0.769. The number of aliphatic hydroxyl groups is 1. The quantitative estimate of drug-likeness (QED) is 0.0222. The number of carbonyl (C=O) groups excluding carboxylic acids is 4. The fraction of sp³-hybridized carbons (Fsp3) is 0.941. The van der Waals surface area contributed by atoms with E-state index in [9.17, 15) is 43.2 Å². The number of phosphoric ester groups is 2. The van der Waals surface area contributed by atoms with Crippen LogP contribution >= 0.6 is 15.6 Å². The molecule has 17 nitrogen and oxygen atoms in total. The number of ether oxygens (including phenoxy) is 4. The highest BCUT2D eigenvalue weighted by Gasteiger charge is 2.30. The second-order valence-electron chi connectivity index (χ2n) is 26.2. The van der Waals surface area contributed by atoms with Crippen LogP contribution in [0, 0.1) is 23.7 Å². The van der Waals surface area contributed by atoms with Crippen molar-refractivity contribution in [2.45, 2.75) is 350 Å². The molecule has 0 fully saturated rings. The molecule has 0 radical (unpaired) electrons. The lowest BCUT2D eigenvalue weighted by Gasteiger charge is -2.21. The molecular weight excluding hydrogens is 1150 g/mol. The number of esters is 4. The second kappa shape index (κ2) is 57.9. The van der Waals surface area contributed by atoms with Crippen LogP contribution in [-0.2, 0) is 65.4 Å². The van der Waals surface area contributed by atoms with Crippen LogP contribution in [0.1, 0.15) is 331 Å². The largest absolute Gasteiger partial charge is 0.472 e. The average molecular weight is 1280 g/mol. The zero-order valence-corrected chi connectivity index (χ0v) is 58.4. The SMILES string of the molecule is CCC(C)CCCCCCCCC(=O)O[C@H](COC(=O)CCCCCCCCC(C)C)COP(=O)(O)OC[C@H](O)COP(=O)(O)OC[C@@H](COC(=O)CCCCCCCCCC(C)C)OC(=O)CCCCCCCCCCCCCCCCCC(C)C. The number of carbonyl (C=O) groups is 4. The van der Waals surface area contributed by atoms with Gasteiger partial charge in [-0.15, -0.1) is 0 Å². The molecule has 0 aromatic rings. The summed E-state index contributed by atoms with van der Waals surface area (Å²) >= 11 is 0. The van der Waals surface area contributed by atoms with Gasteiger partial charge in [-0.25, -0.2) is 9.13 Å².